The summed E-state index contributed by atoms with van der Waals surface area (Å²) in [5, 5.41) is 14.9. The molecule has 116 valence electrons. The summed E-state index contributed by atoms with van der Waals surface area (Å²) in [6, 6.07) is 6.79. The summed E-state index contributed by atoms with van der Waals surface area (Å²) in [6.45, 7) is 4.18. The molecule has 0 amide bonds. The summed E-state index contributed by atoms with van der Waals surface area (Å²) in [5.41, 5.74) is 3.50. The van der Waals surface area contributed by atoms with Gasteiger partial charge >= 0.3 is 0 Å². The average molecular weight is 297 g/mol. The van der Waals surface area contributed by atoms with Crippen LogP contribution in [-0.2, 0) is 0 Å². The Balaban J connectivity index is 1.70. The van der Waals surface area contributed by atoms with Gasteiger partial charge in [0.1, 0.15) is 0 Å². The minimum Gasteiger partial charge on any atom is -0.350 e. The summed E-state index contributed by atoms with van der Waals surface area (Å²) in [5.74, 6) is 1.34. The fraction of sp³-hybridized carbons (Fsp3) is 0.471. The van der Waals surface area contributed by atoms with Crippen LogP contribution >= 0.6 is 0 Å². The molecule has 0 aliphatic heterocycles. The van der Waals surface area contributed by atoms with Gasteiger partial charge in [0.25, 0.3) is 0 Å². The highest BCUT2D eigenvalue weighted by molar-refractivity contribution is 5.60. The maximum absolute atomic E-state index is 4.53. The first kappa shape index (κ1) is 14.8. The Morgan fingerprint density at radius 3 is 2.68 bits per heavy atom. The molecule has 1 saturated carbocycles. The summed E-state index contributed by atoms with van der Waals surface area (Å²) in [6.07, 6.45) is 7.95. The van der Waals surface area contributed by atoms with Crippen LogP contribution in [-0.4, -0.2) is 21.2 Å². The molecule has 3 rings (SSSR count). The van der Waals surface area contributed by atoms with Gasteiger partial charge in [0.2, 0.25) is 5.95 Å². The molecule has 0 bridgehead atoms. The van der Waals surface area contributed by atoms with E-state index < -0.39 is 0 Å². The number of nitrogens with one attached hydrogen (secondary N) is 2. The molecule has 1 aliphatic rings. The summed E-state index contributed by atoms with van der Waals surface area (Å²) < 4.78 is 0. The van der Waals surface area contributed by atoms with Crippen LogP contribution in [0, 0.1) is 13.8 Å². The van der Waals surface area contributed by atoms with Crippen molar-refractivity contribution >= 4 is 17.5 Å². The summed E-state index contributed by atoms with van der Waals surface area (Å²) in [7, 11) is 0. The molecule has 1 aliphatic carbocycles. The third-order valence-corrected chi connectivity index (χ3v) is 4.14. The second kappa shape index (κ2) is 6.73. The molecule has 0 unspecified atom stereocenters. The molecule has 0 radical (unpaired) electrons. The van der Waals surface area contributed by atoms with Gasteiger partial charge in [-0.2, -0.15) is 10.1 Å². The quantitative estimate of drug-likeness (QED) is 0.894. The molecule has 2 aromatic rings. The molecule has 1 heterocycles. The lowest BCUT2D eigenvalue weighted by molar-refractivity contribution is 0.460. The first-order valence-corrected chi connectivity index (χ1v) is 8.01. The van der Waals surface area contributed by atoms with Crippen LogP contribution in [0.2, 0.25) is 0 Å². The van der Waals surface area contributed by atoms with Crippen molar-refractivity contribution in [2.24, 2.45) is 0 Å². The van der Waals surface area contributed by atoms with Gasteiger partial charge in [-0.25, -0.2) is 0 Å². The molecule has 22 heavy (non-hydrogen) atoms. The first-order chi connectivity index (χ1) is 10.7. The molecule has 1 aromatic heterocycles. The number of benzene rings is 1. The van der Waals surface area contributed by atoms with Crippen molar-refractivity contribution in [3.63, 3.8) is 0 Å². The van der Waals surface area contributed by atoms with E-state index in [0.29, 0.717) is 12.0 Å². The second-order valence-corrected chi connectivity index (χ2v) is 6.09. The van der Waals surface area contributed by atoms with Gasteiger partial charge in [0.05, 0.1) is 6.20 Å². The molecule has 0 saturated heterocycles. The number of hydrogen-bond acceptors (Lipinski definition) is 5. The fourth-order valence-electron chi connectivity index (χ4n) is 2.95. The normalized spacial score (nSPS) is 15.5. The standard InChI is InChI=1S/C17H23N5/c1-12-8-9-15(13(2)10-12)20-16-11-18-22-17(21-16)19-14-6-4-3-5-7-14/h8-11,14H,3-7H2,1-2H3,(H2,19,20,21,22). The van der Waals surface area contributed by atoms with Crippen LogP contribution in [0.1, 0.15) is 43.2 Å². The Bertz CT molecular complexity index is 635. The zero-order valence-corrected chi connectivity index (χ0v) is 13.3. The van der Waals surface area contributed by atoms with Crippen LogP contribution in [0.3, 0.4) is 0 Å². The number of aryl methyl sites for hydroxylation is 2. The largest absolute Gasteiger partial charge is 0.350 e. The molecular formula is C17H23N5. The maximum atomic E-state index is 4.53. The molecule has 2 N–H and O–H groups in total. The van der Waals surface area contributed by atoms with E-state index in [1.54, 1.807) is 6.20 Å². The number of rotatable bonds is 4. The van der Waals surface area contributed by atoms with E-state index in [1.807, 2.05) is 0 Å². The van der Waals surface area contributed by atoms with E-state index >= 15 is 0 Å². The average Bonchev–Trinajstić information content (AvgIpc) is 2.52. The highest BCUT2D eigenvalue weighted by Crippen LogP contribution is 2.22. The Hall–Kier alpha value is -2.17. The van der Waals surface area contributed by atoms with Gasteiger partial charge in [-0.15, -0.1) is 5.10 Å². The van der Waals surface area contributed by atoms with Gasteiger partial charge < -0.3 is 10.6 Å². The lowest BCUT2D eigenvalue weighted by Gasteiger charge is -2.22. The summed E-state index contributed by atoms with van der Waals surface area (Å²) in [4.78, 5) is 4.53. The number of aromatic nitrogens is 3. The topological polar surface area (TPSA) is 62.7 Å². The van der Waals surface area contributed by atoms with Crippen LogP contribution in [0.4, 0.5) is 17.5 Å². The van der Waals surface area contributed by atoms with Crippen LogP contribution in [0.15, 0.2) is 24.4 Å². The van der Waals surface area contributed by atoms with Crippen LogP contribution in [0.25, 0.3) is 0 Å². The van der Waals surface area contributed by atoms with Crippen molar-refractivity contribution < 1.29 is 0 Å². The van der Waals surface area contributed by atoms with E-state index in [1.165, 1.54) is 43.2 Å². The Kier molecular flexibility index (Phi) is 4.51. The summed E-state index contributed by atoms with van der Waals surface area (Å²) >= 11 is 0. The van der Waals surface area contributed by atoms with Gasteiger partial charge in [-0.05, 0) is 38.3 Å². The van der Waals surface area contributed by atoms with Gasteiger partial charge in [-0.3, -0.25) is 0 Å². The van der Waals surface area contributed by atoms with Crippen LogP contribution < -0.4 is 10.6 Å². The van der Waals surface area contributed by atoms with Gasteiger partial charge in [0.15, 0.2) is 5.82 Å². The van der Waals surface area contributed by atoms with Crippen molar-refractivity contribution in [2.75, 3.05) is 10.6 Å². The number of nitrogens with zero attached hydrogens (tertiary/aromatic N) is 3. The van der Waals surface area contributed by atoms with E-state index in [2.05, 4.69) is 57.9 Å². The minimum atomic E-state index is 0.479. The van der Waals surface area contributed by atoms with Gasteiger partial charge in [-0.1, -0.05) is 37.0 Å². The molecule has 5 heteroatoms. The Morgan fingerprint density at radius 1 is 1.09 bits per heavy atom. The lowest BCUT2D eigenvalue weighted by atomic mass is 9.96. The van der Waals surface area contributed by atoms with Crippen molar-refractivity contribution in [3.05, 3.63) is 35.5 Å². The highest BCUT2D eigenvalue weighted by atomic mass is 15.3. The SMILES string of the molecule is Cc1ccc(Nc2cnnc(NC3CCCCC3)n2)c(C)c1. The highest BCUT2D eigenvalue weighted by Gasteiger charge is 2.14. The molecule has 0 spiro atoms. The smallest absolute Gasteiger partial charge is 0.244 e. The third-order valence-electron chi connectivity index (χ3n) is 4.14. The van der Waals surface area contributed by atoms with Crippen LogP contribution in [0.5, 0.6) is 0 Å². The zero-order valence-electron chi connectivity index (χ0n) is 13.3. The van der Waals surface area contributed by atoms with Crippen molar-refractivity contribution in [1.29, 1.82) is 0 Å². The Morgan fingerprint density at radius 2 is 1.91 bits per heavy atom. The van der Waals surface area contributed by atoms with Crippen molar-refractivity contribution in [1.82, 2.24) is 15.2 Å². The predicted octanol–water partition coefficient (Wildman–Crippen LogP) is 3.98. The molecule has 1 fully saturated rings. The zero-order chi connectivity index (χ0) is 15.4. The molecule has 1 aromatic carbocycles. The monoisotopic (exact) mass is 297 g/mol. The second-order valence-electron chi connectivity index (χ2n) is 6.09. The van der Waals surface area contributed by atoms with E-state index in [4.69, 9.17) is 0 Å². The van der Waals surface area contributed by atoms with Crippen molar-refractivity contribution in [3.8, 4) is 0 Å². The van der Waals surface area contributed by atoms with E-state index in [-0.39, 0.29) is 0 Å². The lowest BCUT2D eigenvalue weighted by Crippen LogP contribution is -2.23. The maximum Gasteiger partial charge on any atom is 0.244 e. The van der Waals surface area contributed by atoms with E-state index in [0.717, 1.165) is 11.5 Å². The third kappa shape index (κ3) is 3.72. The Labute approximate surface area is 131 Å². The minimum absolute atomic E-state index is 0.479. The molecule has 5 nitrogen and oxygen atoms in total. The first-order valence-electron chi connectivity index (χ1n) is 8.01. The number of anilines is 3. The predicted molar refractivity (Wildman–Crippen MR) is 89.5 cm³/mol. The number of hydrogen-bond donors (Lipinski definition) is 2. The fourth-order valence-corrected chi connectivity index (χ4v) is 2.95. The molecule has 0 atom stereocenters. The van der Waals surface area contributed by atoms with E-state index in [9.17, 15) is 0 Å². The van der Waals surface area contributed by atoms with Crippen molar-refractivity contribution in [2.45, 2.75) is 52.0 Å². The van der Waals surface area contributed by atoms with Gasteiger partial charge in [0, 0.05) is 11.7 Å². The molecular weight excluding hydrogens is 274 g/mol.